The van der Waals surface area contributed by atoms with Crippen LogP contribution in [0.3, 0.4) is 0 Å². The van der Waals surface area contributed by atoms with Gasteiger partial charge in [-0.05, 0) is 0 Å². The first-order valence-electron chi connectivity index (χ1n) is 3.40. The van der Waals surface area contributed by atoms with Gasteiger partial charge in [-0.25, -0.2) is 0 Å². The number of carbonyl (C=O) groups excluding carboxylic acids is 1. The summed E-state index contributed by atoms with van der Waals surface area (Å²) in [5, 5.41) is 8.70. The maximum atomic E-state index is 11.6. The molecular formula is C6H8F3NO2. The van der Waals surface area contributed by atoms with E-state index in [0.29, 0.717) is 0 Å². The van der Waals surface area contributed by atoms with Gasteiger partial charge in [0.2, 0.25) is 5.78 Å². The van der Waals surface area contributed by atoms with Gasteiger partial charge in [-0.2, -0.15) is 13.2 Å². The molecule has 0 aromatic heterocycles. The molecular weight excluding hydrogens is 175 g/mol. The average Bonchev–Trinajstić information content (AvgIpc) is 1.82. The van der Waals surface area contributed by atoms with E-state index in [4.69, 9.17) is 5.11 Å². The molecule has 0 amide bonds. The van der Waals surface area contributed by atoms with Gasteiger partial charge in [0.1, 0.15) is 0 Å². The van der Waals surface area contributed by atoms with Gasteiger partial charge >= 0.3 is 6.18 Å². The number of hydrogen-bond acceptors (Lipinski definition) is 3. The lowest BCUT2D eigenvalue weighted by Crippen LogP contribution is -2.53. The lowest BCUT2D eigenvalue weighted by atomic mass is 10.1. The molecule has 70 valence electrons. The number of carbonyl (C=O) groups is 1. The van der Waals surface area contributed by atoms with Crippen LogP contribution in [0.2, 0.25) is 0 Å². The number of likely N-dealkylation sites (tertiary alicyclic amines) is 1. The van der Waals surface area contributed by atoms with Crippen molar-refractivity contribution in [2.45, 2.75) is 12.3 Å². The molecule has 0 bridgehead atoms. The zero-order chi connectivity index (χ0) is 9.35. The van der Waals surface area contributed by atoms with E-state index in [1.165, 1.54) is 4.90 Å². The summed E-state index contributed by atoms with van der Waals surface area (Å²) in [6.07, 6.45) is -5.33. The number of aliphatic hydroxyl groups is 1. The van der Waals surface area contributed by atoms with Crippen molar-refractivity contribution in [2.24, 2.45) is 0 Å². The minimum Gasteiger partial charge on any atom is -0.390 e. The highest BCUT2D eigenvalue weighted by Gasteiger charge is 2.40. The summed E-state index contributed by atoms with van der Waals surface area (Å²) in [6, 6.07) is 0. The average molecular weight is 183 g/mol. The summed E-state index contributed by atoms with van der Waals surface area (Å²) < 4.78 is 34.9. The molecule has 1 fully saturated rings. The van der Waals surface area contributed by atoms with E-state index in [1.54, 1.807) is 0 Å². The van der Waals surface area contributed by atoms with E-state index in [2.05, 4.69) is 0 Å². The van der Waals surface area contributed by atoms with E-state index >= 15 is 0 Å². The highest BCUT2D eigenvalue weighted by molar-refractivity contribution is 5.85. The van der Waals surface area contributed by atoms with Gasteiger partial charge in [0, 0.05) is 13.1 Å². The van der Waals surface area contributed by atoms with Crippen LogP contribution in [0.5, 0.6) is 0 Å². The first-order valence-corrected chi connectivity index (χ1v) is 3.40. The van der Waals surface area contributed by atoms with Crippen LogP contribution >= 0.6 is 0 Å². The second-order valence-electron chi connectivity index (χ2n) is 2.77. The van der Waals surface area contributed by atoms with Crippen LogP contribution in [0.1, 0.15) is 0 Å². The molecule has 0 spiro atoms. The molecule has 1 aliphatic heterocycles. The molecule has 0 atom stereocenters. The molecule has 1 rings (SSSR count). The third kappa shape index (κ3) is 2.18. The number of alkyl halides is 3. The Balaban J connectivity index is 2.28. The van der Waals surface area contributed by atoms with Gasteiger partial charge in [-0.3, -0.25) is 9.69 Å². The van der Waals surface area contributed by atoms with Gasteiger partial charge in [0.05, 0.1) is 12.6 Å². The highest BCUT2D eigenvalue weighted by Crippen LogP contribution is 2.18. The van der Waals surface area contributed by atoms with E-state index in [-0.39, 0.29) is 13.1 Å². The number of nitrogens with zero attached hydrogens (tertiary/aromatic N) is 1. The molecule has 12 heavy (non-hydrogen) atoms. The van der Waals surface area contributed by atoms with Crippen molar-refractivity contribution in [2.75, 3.05) is 19.6 Å². The molecule has 0 radical (unpaired) electrons. The minimum absolute atomic E-state index is 0.155. The molecule has 1 heterocycles. The Morgan fingerprint density at radius 2 is 2.00 bits per heavy atom. The number of rotatable bonds is 2. The predicted molar refractivity (Wildman–Crippen MR) is 33.5 cm³/mol. The fourth-order valence-corrected chi connectivity index (χ4v) is 0.964. The topological polar surface area (TPSA) is 40.5 Å². The predicted octanol–water partition coefficient (Wildman–Crippen LogP) is -0.206. The molecule has 0 unspecified atom stereocenters. The number of hydrogen-bond donors (Lipinski definition) is 1. The van der Waals surface area contributed by atoms with Gasteiger partial charge in [0.15, 0.2) is 0 Å². The summed E-state index contributed by atoms with van der Waals surface area (Å²) in [7, 11) is 0. The fraction of sp³-hybridized carbons (Fsp3) is 0.833. The second-order valence-corrected chi connectivity index (χ2v) is 2.77. The van der Waals surface area contributed by atoms with Gasteiger partial charge in [-0.15, -0.1) is 0 Å². The van der Waals surface area contributed by atoms with E-state index < -0.39 is 24.6 Å². The Labute approximate surface area is 66.8 Å². The standard InChI is InChI=1S/C6H8F3NO2/c7-6(8,9)5(12)3-10-1-4(11)2-10/h4,11H,1-3H2. The van der Waals surface area contributed by atoms with Gasteiger partial charge < -0.3 is 5.11 Å². The van der Waals surface area contributed by atoms with Crippen LogP contribution in [0.25, 0.3) is 0 Å². The number of Topliss-reactive ketones (excluding diaryl/α,β-unsaturated/α-hetero) is 1. The molecule has 0 aromatic rings. The van der Waals surface area contributed by atoms with Crippen LogP contribution in [0.4, 0.5) is 13.2 Å². The van der Waals surface area contributed by atoms with Gasteiger partial charge in [0.25, 0.3) is 0 Å². The lowest BCUT2D eigenvalue weighted by molar-refractivity contribution is -0.174. The zero-order valence-corrected chi connectivity index (χ0v) is 6.14. The Kier molecular flexibility index (Phi) is 2.39. The van der Waals surface area contributed by atoms with Crippen LogP contribution in [0, 0.1) is 0 Å². The third-order valence-corrected chi connectivity index (χ3v) is 1.62. The van der Waals surface area contributed by atoms with Crippen molar-refractivity contribution in [3.8, 4) is 0 Å². The Morgan fingerprint density at radius 3 is 2.33 bits per heavy atom. The van der Waals surface area contributed by atoms with Crippen molar-refractivity contribution < 1.29 is 23.1 Å². The van der Waals surface area contributed by atoms with Crippen LogP contribution < -0.4 is 0 Å². The quantitative estimate of drug-likeness (QED) is 0.644. The lowest BCUT2D eigenvalue weighted by Gasteiger charge is -2.35. The smallest absolute Gasteiger partial charge is 0.390 e. The molecule has 0 aliphatic carbocycles. The highest BCUT2D eigenvalue weighted by atomic mass is 19.4. The third-order valence-electron chi connectivity index (χ3n) is 1.62. The van der Waals surface area contributed by atoms with E-state index in [0.717, 1.165) is 0 Å². The minimum atomic E-state index is -4.75. The molecule has 0 saturated carbocycles. The number of ketones is 1. The second kappa shape index (κ2) is 3.02. The first kappa shape index (κ1) is 9.47. The monoisotopic (exact) mass is 183 g/mol. The normalized spacial score (nSPS) is 20.7. The SMILES string of the molecule is O=C(CN1CC(O)C1)C(F)(F)F. The first-order chi connectivity index (χ1) is 5.39. The summed E-state index contributed by atoms with van der Waals surface area (Å²) >= 11 is 0. The number of aliphatic hydroxyl groups excluding tert-OH is 1. The Hall–Kier alpha value is -0.620. The fourth-order valence-electron chi connectivity index (χ4n) is 0.964. The van der Waals surface area contributed by atoms with Crippen molar-refractivity contribution in [3.05, 3.63) is 0 Å². The molecule has 1 saturated heterocycles. The molecule has 0 aromatic carbocycles. The van der Waals surface area contributed by atoms with Crippen molar-refractivity contribution in [1.29, 1.82) is 0 Å². The van der Waals surface area contributed by atoms with Gasteiger partial charge in [-0.1, -0.05) is 0 Å². The molecule has 1 N–H and O–H groups in total. The molecule has 3 nitrogen and oxygen atoms in total. The molecule has 1 aliphatic rings. The van der Waals surface area contributed by atoms with E-state index in [1.807, 2.05) is 0 Å². The largest absolute Gasteiger partial charge is 0.451 e. The maximum Gasteiger partial charge on any atom is 0.451 e. The van der Waals surface area contributed by atoms with Crippen LogP contribution in [-0.2, 0) is 4.79 Å². The number of β-amino-alcohol motifs (C(OH)–C–C–N with tert-alkyl or cyclic N) is 1. The Bertz CT molecular complexity index is 186. The summed E-state index contributed by atoms with van der Waals surface area (Å²) in [5.74, 6) is -1.76. The zero-order valence-electron chi connectivity index (χ0n) is 6.14. The van der Waals surface area contributed by atoms with Crippen LogP contribution in [-0.4, -0.2) is 47.7 Å². The van der Waals surface area contributed by atoms with Crippen molar-refractivity contribution >= 4 is 5.78 Å². The van der Waals surface area contributed by atoms with Crippen LogP contribution in [0.15, 0.2) is 0 Å². The van der Waals surface area contributed by atoms with Crippen molar-refractivity contribution in [3.63, 3.8) is 0 Å². The summed E-state index contributed by atoms with van der Waals surface area (Å²) in [6.45, 7) is -0.329. The molecule has 6 heteroatoms. The van der Waals surface area contributed by atoms with E-state index in [9.17, 15) is 18.0 Å². The summed E-state index contributed by atoms with van der Waals surface area (Å²) in [5.41, 5.74) is 0. The van der Waals surface area contributed by atoms with Crippen molar-refractivity contribution in [1.82, 2.24) is 4.90 Å². The maximum absolute atomic E-state index is 11.6. The number of halogens is 3. The summed E-state index contributed by atoms with van der Waals surface area (Å²) in [4.78, 5) is 11.6. The Morgan fingerprint density at radius 1 is 1.50 bits per heavy atom.